The molecule has 5 rings (SSSR count). The first-order valence-corrected chi connectivity index (χ1v) is 23.2. The summed E-state index contributed by atoms with van der Waals surface area (Å²) in [6, 6.07) is 32.7. The average Bonchev–Trinajstić information content (AvgIpc) is 3.42. The zero-order valence-corrected chi connectivity index (χ0v) is 37.9. The molecule has 1 heterocycles. The van der Waals surface area contributed by atoms with Gasteiger partial charge < -0.3 is 19.7 Å². The molecule has 2 N–H and O–H groups in total. The predicted molar refractivity (Wildman–Crippen MR) is 222 cm³/mol. The van der Waals surface area contributed by atoms with Crippen molar-refractivity contribution >= 4 is 18.6 Å². The van der Waals surface area contributed by atoms with Gasteiger partial charge >= 0.3 is 35.6 Å². The average molecular weight is 810 g/mol. The van der Waals surface area contributed by atoms with Gasteiger partial charge in [0.1, 0.15) is 23.4 Å². The second kappa shape index (κ2) is 16.1. The molecule has 0 radical (unpaired) electrons. The van der Waals surface area contributed by atoms with E-state index >= 15 is 0 Å². The first-order valence-electron chi connectivity index (χ1n) is 18.9. The third-order valence-corrected chi connectivity index (χ3v) is 10.7. The number of aliphatic hydroxyl groups is 2. The molecule has 0 spiro atoms. The van der Waals surface area contributed by atoms with Crippen molar-refractivity contribution in [3.63, 3.8) is 0 Å². The molecule has 0 amide bonds. The molecule has 1 aliphatic rings. The first kappa shape index (κ1) is 44.7. The van der Waals surface area contributed by atoms with E-state index in [1.165, 1.54) is 0 Å². The van der Waals surface area contributed by atoms with Crippen LogP contribution >= 0.6 is 18.6 Å². The van der Waals surface area contributed by atoms with E-state index in [-0.39, 0.29) is 21.7 Å². The Hall–Kier alpha value is -1.99. The Balaban J connectivity index is 0.00000209. The molecule has 4 nitrogen and oxygen atoms in total. The van der Waals surface area contributed by atoms with Gasteiger partial charge in [-0.15, -0.1) is 0 Å². The van der Waals surface area contributed by atoms with Crippen molar-refractivity contribution in [3.8, 4) is 0 Å². The van der Waals surface area contributed by atoms with Crippen molar-refractivity contribution in [2.24, 2.45) is 0 Å². The summed E-state index contributed by atoms with van der Waals surface area (Å²) in [5.41, 5.74) is 3.65. The van der Waals surface area contributed by atoms with Crippen molar-refractivity contribution in [2.45, 2.75) is 148 Å². The van der Waals surface area contributed by atoms with E-state index in [1.807, 2.05) is 62.4 Å². The van der Waals surface area contributed by atoms with Crippen molar-refractivity contribution in [1.29, 1.82) is 0 Å². The molecule has 292 valence electrons. The fraction of sp³-hybridized carbons (Fsp3) is 0.489. The second-order valence-corrected chi connectivity index (χ2v) is 22.0. The van der Waals surface area contributed by atoms with Gasteiger partial charge in [-0.3, -0.25) is 0 Å². The molecule has 2 atom stereocenters. The summed E-state index contributed by atoms with van der Waals surface area (Å²) < 4.78 is 13.7. The number of hydrogen-bond acceptors (Lipinski definition) is 4. The zero-order chi connectivity index (χ0) is 40.7. The van der Waals surface area contributed by atoms with E-state index in [2.05, 4.69) is 132 Å². The fourth-order valence-electron chi connectivity index (χ4n) is 7.26. The van der Waals surface area contributed by atoms with Gasteiger partial charge in [0.25, 0.3) is 0 Å². The quantitative estimate of drug-likeness (QED) is 0.191. The van der Waals surface area contributed by atoms with Crippen LogP contribution in [0.25, 0.3) is 0 Å². The molecule has 1 saturated heterocycles. The van der Waals surface area contributed by atoms with Crippen molar-refractivity contribution < 1.29 is 36.7 Å². The van der Waals surface area contributed by atoms with Gasteiger partial charge in [0, 0.05) is 0 Å². The minimum atomic E-state index is -1.70. The summed E-state index contributed by atoms with van der Waals surface area (Å²) in [7, 11) is 9.78. The van der Waals surface area contributed by atoms with E-state index in [0.29, 0.717) is 22.3 Å². The summed E-state index contributed by atoms with van der Waals surface area (Å²) in [5, 5.41) is 27.0. The van der Waals surface area contributed by atoms with Crippen LogP contribution in [0.15, 0.2) is 97.1 Å². The normalized spacial score (nSPS) is 18.2. The third-order valence-electron chi connectivity index (χ3n) is 10.7. The SMILES string of the molecule is CC1(C)O[C@@H](C(O)(c2ccc(C(C)(C)C)cc2)c2ccc(C(C)(C)C)cc2)[C@H](C(O)(c2ccc(C(C)(C)C)cc2)c2ccc(C(C)(C)C)cc2)O1.[Cl][Ti][Cl]. The Bertz CT molecular complexity index is 1570. The molecular formula is C47H62Cl2O4Ti. The Labute approximate surface area is 342 Å². The number of halogens is 2. The van der Waals surface area contributed by atoms with Gasteiger partial charge in [-0.1, -0.05) is 180 Å². The molecule has 7 heteroatoms. The molecule has 4 aromatic rings. The van der Waals surface area contributed by atoms with Crippen LogP contribution in [-0.4, -0.2) is 28.2 Å². The Morgan fingerprint density at radius 2 is 0.556 bits per heavy atom. The van der Waals surface area contributed by atoms with Crippen LogP contribution in [0.2, 0.25) is 0 Å². The van der Waals surface area contributed by atoms with E-state index < -0.39 is 46.2 Å². The van der Waals surface area contributed by atoms with Crippen LogP contribution in [0.5, 0.6) is 0 Å². The van der Waals surface area contributed by atoms with Crippen LogP contribution in [0.1, 0.15) is 141 Å². The monoisotopic (exact) mass is 808 g/mol. The van der Waals surface area contributed by atoms with Crippen LogP contribution in [0, 0.1) is 0 Å². The minimum absolute atomic E-state index is 0.0683. The van der Waals surface area contributed by atoms with Crippen LogP contribution in [-0.2, 0) is 59.4 Å². The molecule has 1 fully saturated rings. The summed E-state index contributed by atoms with van der Waals surface area (Å²) in [4.78, 5) is 0. The summed E-state index contributed by atoms with van der Waals surface area (Å²) in [6.07, 6.45) is -2.02. The number of benzene rings is 4. The molecule has 0 aromatic heterocycles. The zero-order valence-electron chi connectivity index (χ0n) is 34.9. The fourth-order valence-corrected chi connectivity index (χ4v) is 7.26. The van der Waals surface area contributed by atoms with Gasteiger partial charge in [-0.05, 0) is 80.0 Å². The van der Waals surface area contributed by atoms with Crippen LogP contribution in [0.3, 0.4) is 0 Å². The van der Waals surface area contributed by atoms with Crippen molar-refractivity contribution in [2.75, 3.05) is 0 Å². The number of hydrogen-bond donors (Lipinski definition) is 2. The Morgan fingerprint density at radius 3 is 0.704 bits per heavy atom. The summed E-state index contributed by atoms with van der Waals surface area (Å²) in [6.45, 7) is 29.9. The second-order valence-electron chi connectivity index (χ2n) is 19.4. The van der Waals surface area contributed by atoms with Gasteiger partial charge in [-0.2, -0.15) is 0 Å². The maximum absolute atomic E-state index is 13.5. The summed E-state index contributed by atoms with van der Waals surface area (Å²) >= 11 is -0.556. The molecule has 0 bridgehead atoms. The molecule has 4 aromatic carbocycles. The molecule has 0 unspecified atom stereocenters. The van der Waals surface area contributed by atoms with Gasteiger partial charge in [-0.25, -0.2) is 0 Å². The molecule has 1 aliphatic heterocycles. The van der Waals surface area contributed by atoms with E-state index in [1.54, 1.807) is 0 Å². The topological polar surface area (TPSA) is 58.9 Å². The van der Waals surface area contributed by atoms with E-state index in [9.17, 15) is 10.2 Å². The third kappa shape index (κ3) is 9.58. The van der Waals surface area contributed by atoms with Gasteiger partial charge in [0.2, 0.25) is 0 Å². The molecular weight excluding hydrogens is 747 g/mol. The van der Waals surface area contributed by atoms with Crippen molar-refractivity contribution in [3.05, 3.63) is 142 Å². The standard InChI is InChI=1S/C47H62O4.2ClH.Ti/c1-41(2,3)31-15-23-35(24-16-31)46(48,36-25-17-32(18-26-36)42(4,5)6)39-40(51-45(13,14)50-39)47(49,37-27-19-33(20-28-37)43(7,8)9)38-29-21-34(22-30-38)44(10,11)12;;;/h15-30,39-40,48-49H,1-14H3;2*1H;/q;;;+2/p-2/t39-,40-;;;/m1.../s1. The van der Waals surface area contributed by atoms with Gasteiger partial charge in [0.15, 0.2) is 5.79 Å². The summed E-state index contributed by atoms with van der Waals surface area (Å²) in [5.74, 6) is -1.12. The molecule has 0 aliphatic carbocycles. The number of ether oxygens (including phenoxy) is 2. The van der Waals surface area contributed by atoms with Crippen molar-refractivity contribution in [1.82, 2.24) is 0 Å². The van der Waals surface area contributed by atoms with Crippen LogP contribution < -0.4 is 0 Å². The molecule has 0 saturated carbocycles. The van der Waals surface area contributed by atoms with Gasteiger partial charge in [0.05, 0.1) is 0 Å². The predicted octanol–water partition coefficient (Wildman–Crippen LogP) is 11.9. The number of rotatable bonds is 6. The van der Waals surface area contributed by atoms with Crippen LogP contribution in [0.4, 0.5) is 0 Å². The molecule has 54 heavy (non-hydrogen) atoms. The first-order chi connectivity index (χ1) is 24.7. The van der Waals surface area contributed by atoms with E-state index in [4.69, 9.17) is 28.1 Å². The van der Waals surface area contributed by atoms with E-state index in [0.717, 1.165) is 22.3 Å². The Morgan fingerprint density at radius 1 is 0.407 bits per heavy atom. The Kier molecular flexibility index (Phi) is 13.3. The maximum atomic E-state index is 13.5.